The second kappa shape index (κ2) is 4.93. The fourth-order valence-electron chi connectivity index (χ4n) is 4.44. The number of hydrogen-bond acceptors (Lipinski definition) is 5. The number of ketones is 1. The molecule has 1 aliphatic heterocycles. The smallest absolute Gasteiger partial charge is 0.309 e. The molecule has 0 amide bonds. The summed E-state index contributed by atoms with van der Waals surface area (Å²) in [6, 6.07) is 0. The van der Waals surface area contributed by atoms with Gasteiger partial charge in [-0.3, -0.25) is 14.4 Å². The Bertz CT molecular complexity index is 590. The van der Waals surface area contributed by atoms with Crippen molar-refractivity contribution in [3.63, 3.8) is 0 Å². The van der Waals surface area contributed by atoms with E-state index in [1.165, 1.54) is 6.92 Å². The third kappa shape index (κ3) is 2.09. The second-order valence-corrected chi connectivity index (χ2v) is 7.11. The second-order valence-electron chi connectivity index (χ2n) is 7.11. The van der Waals surface area contributed by atoms with E-state index in [-0.39, 0.29) is 35.1 Å². The zero-order valence-corrected chi connectivity index (χ0v) is 13.5. The molecule has 0 spiro atoms. The first-order chi connectivity index (χ1) is 10.2. The lowest BCUT2D eigenvalue weighted by Crippen LogP contribution is -2.47. The van der Waals surface area contributed by atoms with Crippen molar-refractivity contribution in [1.82, 2.24) is 0 Å². The molecule has 0 aromatic heterocycles. The van der Waals surface area contributed by atoms with Crippen molar-refractivity contribution in [2.24, 2.45) is 17.3 Å². The van der Waals surface area contributed by atoms with Gasteiger partial charge in [0, 0.05) is 19.3 Å². The van der Waals surface area contributed by atoms with Gasteiger partial charge in [0.05, 0.1) is 5.92 Å². The van der Waals surface area contributed by atoms with E-state index in [4.69, 9.17) is 9.47 Å². The van der Waals surface area contributed by atoms with Gasteiger partial charge in [-0.05, 0) is 36.3 Å². The summed E-state index contributed by atoms with van der Waals surface area (Å²) in [5, 5.41) is 0. The van der Waals surface area contributed by atoms with E-state index in [9.17, 15) is 14.4 Å². The van der Waals surface area contributed by atoms with Gasteiger partial charge >= 0.3 is 11.9 Å². The number of ether oxygens (including phenoxy) is 2. The summed E-state index contributed by atoms with van der Waals surface area (Å²) in [6.45, 7) is 7.08. The summed E-state index contributed by atoms with van der Waals surface area (Å²) in [5.41, 5.74) is 1.32. The molecular formula is C17H22O5. The van der Waals surface area contributed by atoms with Crippen LogP contribution in [0.2, 0.25) is 0 Å². The van der Waals surface area contributed by atoms with E-state index >= 15 is 0 Å². The van der Waals surface area contributed by atoms with Crippen LogP contribution >= 0.6 is 0 Å². The third-order valence-electron chi connectivity index (χ3n) is 5.62. The summed E-state index contributed by atoms with van der Waals surface area (Å²) < 4.78 is 10.8. The Balaban J connectivity index is 2.01. The van der Waals surface area contributed by atoms with Crippen molar-refractivity contribution in [2.75, 3.05) is 0 Å². The molecule has 0 unspecified atom stereocenters. The van der Waals surface area contributed by atoms with Crippen LogP contribution in [0.25, 0.3) is 0 Å². The predicted molar refractivity (Wildman–Crippen MR) is 77.8 cm³/mol. The maximum Gasteiger partial charge on any atom is 0.309 e. The van der Waals surface area contributed by atoms with E-state index in [0.717, 1.165) is 18.4 Å². The molecule has 1 saturated carbocycles. The number of carbonyl (C=O) groups excluding carboxylic acids is 3. The van der Waals surface area contributed by atoms with Crippen LogP contribution in [-0.2, 0) is 23.9 Å². The van der Waals surface area contributed by atoms with Gasteiger partial charge < -0.3 is 9.47 Å². The molecule has 0 N–H and O–H groups in total. The molecule has 22 heavy (non-hydrogen) atoms. The molecule has 1 saturated heterocycles. The van der Waals surface area contributed by atoms with Gasteiger partial charge in [0.2, 0.25) is 0 Å². The lowest BCUT2D eigenvalue weighted by molar-refractivity contribution is -0.155. The Morgan fingerprint density at radius 1 is 1.36 bits per heavy atom. The van der Waals surface area contributed by atoms with Crippen LogP contribution in [0.1, 0.15) is 47.0 Å². The largest absolute Gasteiger partial charge is 0.457 e. The van der Waals surface area contributed by atoms with Crippen LogP contribution in [0, 0.1) is 17.3 Å². The standard InChI is InChI=1S/C17H22O5/c1-8-11-5-6-17(4)7-12(21-10(3)18)14(19)9(2)13(17)15(11)22-16(8)20/h8,11-12,15H,5-7H2,1-4H3/t8-,11-,12-,15-,17-/m0/s1. The fraction of sp³-hybridized carbons (Fsp3) is 0.706. The summed E-state index contributed by atoms with van der Waals surface area (Å²) in [6.07, 6.45) is 1.26. The highest BCUT2D eigenvalue weighted by Gasteiger charge is 2.55. The van der Waals surface area contributed by atoms with Crippen molar-refractivity contribution in [3.05, 3.63) is 11.1 Å². The van der Waals surface area contributed by atoms with Crippen molar-refractivity contribution < 1.29 is 23.9 Å². The maximum absolute atomic E-state index is 12.5. The first-order valence-corrected chi connectivity index (χ1v) is 7.88. The topological polar surface area (TPSA) is 69.7 Å². The molecule has 3 rings (SSSR count). The molecule has 120 valence electrons. The number of hydrogen-bond donors (Lipinski definition) is 0. The summed E-state index contributed by atoms with van der Waals surface area (Å²) in [4.78, 5) is 35.7. The summed E-state index contributed by atoms with van der Waals surface area (Å²) in [7, 11) is 0. The van der Waals surface area contributed by atoms with Gasteiger partial charge in [-0.1, -0.05) is 13.8 Å². The van der Waals surface area contributed by atoms with Crippen molar-refractivity contribution in [2.45, 2.75) is 59.2 Å². The van der Waals surface area contributed by atoms with E-state index in [2.05, 4.69) is 6.92 Å². The molecule has 0 bridgehead atoms. The molecule has 3 aliphatic rings. The lowest BCUT2D eigenvalue weighted by Gasteiger charge is -2.47. The Morgan fingerprint density at radius 3 is 2.68 bits per heavy atom. The van der Waals surface area contributed by atoms with E-state index in [1.54, 1.807) is 6.92 Å². The van der Waals surface area contributed by atoms with Crippen molar-refractivity contribution >= 4 is 17.7 Å². The highest BCUT2D eigenvalue weighted by atomic mass is 16.6. The van der Waals surface area contributed by atoms with Crippen LogP contribution in [0.15, 0.2) is 11.1 Å². The molecule has 0 aromatic rings. The van der Waals surface area contributed by atoms with E-state index in [0.29, 0.717) is 12.0 Å². The van der Waals surface area contributed by atoms with Gasteiger partial charge in [-0.25, -0.2) is 0 Å². The molecule has 1 heterocycles. The summed E-state index contributed by atoms with van der Waals surface area (Å²) in [5.74, 6) is -0.722. The van der Waals surface area contributed by atoms with Gasteiger partial charge in [-0.15, -0.1) is 0 Å². The number of rotatable bonds is 1. The maximum atomic E-state index is 12.5. The van der Waals surface area contributed by atoms with Crippen molar-refractivity contribution in [3.8, 4) is 0 Å². The number of esters is 2. The third-order valence-corrected chi connectivity index (χ3v) is 5.62. The Hall–Kier alpha value is -1.65. The molecule has 0 radical (unpaired) electrons. The van der Waals surface area contributed by atoms with Crippen molar-refractivity contribution in [1.29, 1.82) is 0 Å². The first-order valence-electron chi connectivity index (χ1n) is 7.88. The Morgan fingerprint density at radius 2 is 2.05 bits per heavy atom. The molecule has 2 fully saturated rings. The molecule has 2 aliphatic carbocycles. The SMILES string of the molecule is CC(=O)O[C@H]1C[C@]2(C)CC[C@H]3[C@H](C)C(=O)O[C@@H]3C2=C(C)C1=O. The predicted octanol–water partition coefficient (Wildman–Crippen LogP) is 2.19. The minimum Gasteiger partial charge on any atom is -0.457 e. The highest BCUT2D eigenvalue weighted by Crippen LogP contribution is 2.55. The first kappa shape index (κ1) is 15.3. The zero-order valence-electron chi connectivity index (χ0n) is 13.5. The fourth-order valence-corrected chi connectivity index (χ4v) is 4.44. The quantitative estimate of drug-likeness (QED) is 0.695. The average molecular weight is 306 g/mol. The molecule has 5 atom stereocenters. The molecule has 5 nitrogen and oxygen atoms in total. The van der Waals surface area contributed by atoms with Crippen LogP contribution in [0.5, 0.6) is 0 Å². The van der Waals surface area contributed by atoms with Crippen LogP contribution in [0.3, 0.4) is 0 Å². The van der Waals surface area contributed by atoms with E-state index < -0.39 is 12.1 Å². The molecule has 5 heteroatoms. The molecule has 0 aromatic carbocycles. The zero-order chi connectivity index (χ0) is 16.2. The lowest BCUT2D eigenvalue weighted by atomic mass is 9.59. The van der Waals surface area contributed by atoms with Gasteiger partial charge in [0.1, 0.15) is 6.10 Å². The molecular weight excluding hydrogens is 284 g/mol. The van der Waals surface area contributed by atoms with Gasteiger partial charge in [0.15, 0.2) is 11.9 Å². The van der Waals surface area contributed by atoms with Gasteiger partial charge in [-0.2, -0.15) is 0 Å². The van der Waals surface area contributed by atoms with E-state index in [1.807, 2.05) is 6.92 Å². The minimum absolute atomic E-state index is 0.115. The Kier molecular flexibility index (Phi) is 3.42. The average Bonchev–Trinajstić information content (AvgIpc) is 2.70. The monoisotopic (exact) mass is 306 g/mol. The van der Waals surface area contributed by atoms with Gasteiger partial charge in [0.25, 0.3) is 0 Å². The van der Waals surface area contributed by atoms with Crippen LogP contribution in [0.4, 0.5) is 0 Å². The number of carbonyl (C=O) groups is 3. The highest BCUT2D eigenvalue weighted by molar-refractivity contribution is 6.01. The number of fused-ring (bicyclic) bond motifs is 3. The Labute approximate surface area is 130 Å². The minimum atomic E-state index is -0.711. The van der Waals surface area contributed by atoms with Crippen LogP contribution < -0.4 is 0 Å². The number of Topliss-reactive ketones (excluding diaryl/α,β-unsaturated/α-hetero) is 1. The van der Waals surface area contributed by atoms with Crippen LogP contribution in [-0.4, -0.2) is 29.9 Å². The normalized spacial score (nSPS) is 40.9. The summed E-state index contributed by atoms with van der Waals surface area (Å²) >= 11 is 0.